The largest absolute Gasteiger partial charge is 0.493 e. The third-order valence-electron chi connectivity index (χ3n) is 5.56. The first-order valence-corrected chi connectivity index (χ1v) is 11.2. The first kappa shape index (κ1) is 22.5. The molecule has 1 aliphatic rings. The molecule has 1 fully saturated rings. The summed E-state index contributed by atoms with van der Waals surface area (Å²) in [6, 6.07) is 14.0. The van der Waals surface area contributed by atoms with E-state index in [1.54, 1.807) is 14.2 Å². The summed E-state index contributed by atoms with van der Waals surface area (Å²) in [6.07, 6.45) is 3.50. The minimum atomic E-state index is 0.173. The fraction of sp³-hybridized carbons (Fsp3) is 0.458. The van der Waals surface area contributed by atoms with Gasteiger partial charge in [-0.15, -0.1) is 0 Å². The Morgan fingerprint density at radius 2 is 1.73 bits per heavy atom. The van der Waals surface area contributed by atoms with Crippen molar-refractivity contribution in [3.63, 3.8) is 0 Å². The number of likely N-dealkylation sites (tertiary alicyclic amines) is 1. The van der Waals surface area contributed by atoms with E-state index in [0.717, 1.165) is 49.4 Å². The standard InChI is InChI=1S/C24H31NO4S/c1-18-4-7-21(8-5-18)30-29-15-12-19-10-13-25(14-11-19)24(26)17-20-6-9-22(27-2)23(16-20)28-3/h4-9,16,19H,10-15,17H2,1-3H3. The Morgan fingerprint density at radius 3 is 2.40 bits per heavy atom. The molecule has 0 bridgehead atoms. The van der Waals surface area contributed by atoms with Crippen LogP contribution in [0.2, 0.25) is 0 Å². The minimum absolute atomic E-state index is 0.173. The number of nitrogens with zero attached hydrogens (tertiary/aromatic N) is 1. The van der Waals surface area contributed by atoms with E-state index in [9.17, 15) is 4.79 Å². The molecule has 1 heterocycles. The van der Waals surface area contributed by atoms with Crippen molar-refractivity contribution < 1.29 is 18.5 Å². The molecule has 1 amide bonds. The third kappa shape index (κ3) is 6.41. The summed E-state index contributed by atoms with van der Waals surface area (Å²) in [5.74, 6) is 2.13. The van der Waals surface area contributed by atoms with Crippen LogP contribution in [0.15, 0.2) is 47.4 Å². The highest BCUT2D eigenvalue weighted by Crippen LogP contribution is 2.28. The van der Waals surface area contributed by atoms with Gasteiger partial charge in [-0.3, -0.25) is 4.79 Å². The molecule has 0 N–H and O–H groups in total. The summed E-state index contributed by atoms with van der Waals surface area (Å²) >= 11 is 1.45. The number of aryl methyl sites for hydroxylation is 1. The summed E-state index contributed by atoms with van der Waals surface area (Å²) in [5, 5.41) is 0. The molecule has 0 radical (unpaired) electrons. The van der Waals surface area contributed by atoms with Crippen LogP contribution in [0.1, 0.15) is 30.4 Å². The van der Waals surface area contributed by atoms with E-state index in [-0.39, 0.29) is 5.91 Å². The van der Waals surface area contributed by atoms with Crippen LogP contribution < -0.4 is 9.47 Å². The van der Waals surface area contributed by atoms with Gasteiger partial charge >= 0.3 is 0 Å². The maximum absolute atomic E-state index is 12.7. The van der Waals surface area contributed by atoms with Crippen LogP contribution in [0.4, 0.5) is 0 Å². The van der Waals surface area contributed by atoms with Crippen molar-refractivity contribution in [2.75, 3.05) is 33.9 Å². The van der Waals surface area contributed by atoms with Gasteiger partial charge in [-0.2, -0.15) is 0 Å². The van der Waals surface area contributed by atoms with Crippen LogP contribution in [-0.4, -0.2) is 44.7 Å². The van der Waals surface area contributed by atoms with Gasteiger partial charge in [0.05, 0.1) is 27.2 Å². The van der Waals surface area contributed by atoms with Crippen molar-refractivity contribution in [1.82, 2.24) is 4.90 Å². The van der Waals surface area contributed by atoms with Gasteiger partial charge in [0.15, 0.2) is 11.5 Å². The van der Waals surface area contributed by atoms with Crippen molar-refractivity contribution in [1.29, 1.82) is 0 Å². The second-order valence-electron chi connectivity index (χ2n) is 7.70. The van der Waals surface area contributed by atoms with E-state index in [0.29, 0.717) is 23.8 Å². The zero-order chi connectivity index (χ0) is 21.3. The molecule has 1 saturated heterocycles. The van der Waals surface area contributed by atoms with Crippen molar-refractivity contribution in [2.45, 2.75) is 37.5 Å². The van der Waals surface area contributed by atoms with Gasteiger partial charge in [-0.1, -0.05) is 23.8 Å². The van der Waals surface area contributed by atoms with Crippen LogP contribution in [-0.2, 0) is 15.4 Å². The lowest BCUT2D eigenvalue weighted by molar-refractivity contribution is -0.131. The number of carbonyl (C=O) groups excluding carboxylic acids is 1. The van der Waals surface area contributed by atoms with E-state index in [1.165, 1.54) is 17.6 Å². The van der Waals surface area contributed by atoms with Gasteiger partial charge in [0.25, 0.3) is 0 Å². The molecule has 0 aliphatic carbocycles. The summed E-state index contributed by atoms with van der Waals surface area (Å²) < 4.78 is 16.4. The number of amides is 1. The lowest BCUT2D eigenvalue weighted by Crippen LogP contribution is -2.39. The van der Waals surface area contributed by atoms with Crippen LogP contribution in [0.25, 0.3) is 0 Å². The van der Waals surface area contributed by atoms with Gasteiger partial charge < -0.3 is 18.6 Å². The van der Waals surface area contributed by atoms with E-state index in [4.69, 9.17) is 13.7 Å². The number of ether oxygens (including phenoxy) is 2. The molecule has 0 aromatic heterocycles. The molecular formula is C24H31NO4S. The van der Waals surface area contributed by atoms with Gasteiger partial charge in [0, 0.05) is 30.0 Å². The predicted octanol–water partition coefficient (Wildman–Crippen LogP) is 4.91. The molecule has 3 rings (SSSR count). The van der Waals surface area contributed by atoms with Gasteiger partial charge in [-0.25, -0.2) is 0 Å². The van der Waals surface area contributed by atoms with Gasteiger partial charge in [0.1, 0.15) is 0 Å². The summed E-state index contributed by atoms with van der Waals surface area (Å²) in [6.45, 7) is 4.47. The third-order valence-corrected chi connectivity index (χ3v) is 6.31. The number of rotatable bonds is 9. The Balaban J connectivity index is 1.37. The molecule has 0 unspecified atom stereocenters. The average molecular weight is 430 g/mol. The highest BCUT2D eigenvalue weighted by atomic mass is 32.2. The van der Waals surface area contributed by atoms with Gasteiger partial charge in [0.2, 0.25) is 5.91 Å². The zero-order valence-corrected chi connectivity index (χ0v) is 18.9. The Bertz CT molecular complexity index is 816. The number of piperidine rings is 1. The topological polar surface area (TPSA) is 48.0 Å². The summed E-state index contributed by atoms with van der Waals surface area (Å²) in [5.41, 5.74) is 2.20. The molecule has 6 heteroatoms. The van der Waals surface area contributed by atoms with Crippen LogP contribution in [0, 0.1) is 12.8 Å². The lowest BCUT2D eigenvalue weighted by Gasteiger charge is -2.32. The molecule has 1 aliphatic heterocycles. The number of hydrogen-bond donors (Lipinski definition) is 0. The first-order chi connectivity index (χ1) is 14.6. The first-order valence-electron chi connectivity index (χ1n) is 10.4. The molecule has 2 aromatic rings. The summed E-state index contributed by atoms with van der Waals surface area (Å²) in [7, 11) is 3.22. The van der Waals surface area contributed by atoms with Crippen LogP contribution in [0.3, 0.4) is 0 Å². The van der Waals surface area contributed by atoms with E-state index in [1.807, 2.05) is 23.1 Å². The highest BCUT2D eigenvalue weighted by Gasteiger charge is 2.23. The predicted molar refractivity (Wildman–Crippen MR) is 120 cm³/mol. The number of carbonyl (C=O) groups is 1. The fourth-order valence-electron chi connectivity index (χ4n) is 3.67. The number of methoxy groups -OCH3 is 2. The molecule has 0 atom stereocenters. The maximum atomic E-state index is 12.7. The quantitative estimate of drug-likeness (QED) is 0.419. The molecule has 0 saturated carbocycles. The molecule has 162 valence electrons. The molecule has 0 spiro atoms. The average Bonchev–Trinajstić information content (AvgIpc) is 2.78. The highest BCUT2D eigenvalue weighted by molar-refractivity contribution is 7.94. The number of benzene rings is 2. The van der Waals surface area contributed by atoms with Crippen LogP contribution in [0.5, 0.6) is 11.5 Å². The van der Waals surface area contributed by atoms with E-state index in [2.05, 4.69) is 31.2 Å². The minimum Gasteiger partial charge on any atom is -0.493 e. The Labute approximate surface area is 183 Å². The molecule has 5 nitrogen and oxygen atoms in total. The fourth-order valence-corrected chi connectivity index (χ4v) is 4.23. The second kappa shape index (κ2) is 11.3. The van der Waals surface area contributed by atoms with Crippen molar-refractivity contribution in [3.8, 4) is 11.5 Å². The smallest absolute Gasteiger partial charge is 0.226 e. The summed E-state index contributed by atoms with van der Waals surface area (Å²) in [4.78, 5) is 15.8. The molecule has 2 aromatic carbocycles. The molecular weight excluding hydrogens is 398 g/mol. The normalized spacial score (nSPS) is 14.6. The van der Waals surface area contributed by atoms with Gasteiger partial charge in [-0.05, 0) is 61.9 Å². The van der Waals surface area contributed by atoms with Crippen LogP contribution >= 0.6 is 12.0 Å². The van der Waals surface area contributed by atoms with E-state index < -0.39 is 0 Å². The SMILES string of the molecule is COc1ccc(CC(=O)N2CCC(CCOSc3ccc(C)cc3)CC2)cc1OC. The number of hydrogen-bond acceptors (Lipinski definition) is 5. The van der Waals surface area contributed by atoms with E-state index >= 15 is 0 Å². The van der Waals surface area contributed by atoms with Crippen molar-refractivity contribution >= 4 is 17.9 Å². The molecule has 30 heavy (non-hydrogen) atoms. The maximum Gasteiger partial charge on any atom is 0.226 e. The monoisotopic (exact) mass is 429 g/mol. The zero-order valence-electron chi connectivity index (χ0n) is 18.1. The Morgan fingerprint density at radius 1 is 1.03 bits per heavy atom. The lowest BCUT2D eigenvalue weighted by atomic mass is 9.93. The Hall–Kier alpha value is -2.18. The second-order valence-corrected chi connectivity index (χ2v) is 8.57. The Kier molecular flexibility index (Phi) is 8.46. The van der Waals surface area contributed by atoms with Crippen molar-refractivity contribution in [3.05, 3.63) is 53.6 Å². The van der Waals surface area contributed by atoms with Crippen molar-refractivity contribution in [2.24, 2.45) is 5.92 Å².